The van der Waals surface area contributed by atoms with Crippen molar-refractivity contribution in [2.45, 2.75) is 57.4 Å². The molecule has 1 fully saturated rings. The van der Waals surface area contributed by atoms with Crippen molar-refractivity contribution in [1.29, 1.82) is 0 Å². The van der Waals surface area contributed by atoms with Gasteiger partial charge >= 0.3 is 0 Å². The van der Waals surface area contributed by atoms with Crippen LogP contribution in [0.25, 0.3) is 0 Å². The lowest BCUT2D eigenvalue weighted by molar-refractivity contribution is 0.384. The number of unbranched alkanes of at least 4 members (excludes halogenated alkanes) is 3. The molecule has 2 atom stereocenters. The SMILES string of the molecule is C=CCCCCCC1CCCC1NC. The Bertz CT molecular complexity index is 153. The van der Waals surface area contributed by atoms with Crippen molar-refractivity contribution < 1.29 is 0 Å². The van der Waals surface area contributed by atoms with E-state index < -0.39 is 0 Å². The first-order valence-corrected chi connectivity index (χ1v) is 6.16. The Morgan fingerprint density at radius 3 is 2.86 bits per heavy atom. The van der Waals surface area contributed by atoms with E-state index in [0.717, 1.165) is 12.0 Å². The average Bonchev–Trinajstić information content (AvgIpc) is 2.65. The Morgan fingerprint density at radius 2 is 2.14 bits per heavy atom. The summed E-state index contributed by atoms with van der Waals surface area (Å²) < 4.78 is 0. The van der Waals surface area contributed by atoms with Crippen LogP contribution in [-0.2, 0) is 0 Å². The van der Waals surface area contributed by atoms with Crippen LogP contribution in [0.3, 0.4) is 0 Å². The summed E-state index contributed by atoms with van der Waals surface area (Å²) in [5, 5.41) is 3.45. The van der Waals surface area contributed by atoms with Gasteiger partial charge < -0.3 is 5.32 Å². The first-order valence-electron chi connectivity index (χ1n) is 6.16. The van der Waals surface area contributed by atoms with Gasteiger partial charge in [0, 0.05) is 6.04 Å². The number of rotatable bonds is 7. The van der Waals surface area contributed by atoms with Gasteiger partial charge in [-0.1, -0.05) is 25.3 Å². The van der Waals surface area contributed by atoms with Crippen LogP contribution in [-0.4, -0.2) is 13.1 Å². The van der Waals surface area contributed by atoms with Gasteiger partial charge in [-0.25, -0.2) is 0 Å². The highest BCUT2D eigenvalue weighted by Crippen LogP contribution is 2.29. The third-order valence-electron chi connectivity index (χ3n) is 3.51. The van der Waals surface area contributed by atoms with Crippen LogP contribution >= 0.6 is 0 Å². The van der Waals surface area contributed by atoms with E-state index in [9.17, 15) is 0 Å². The fraction of sp³-hybridized carbons (Fsp3) is 0.846. The summed E-state index contributed by atoms with van der Waals surface area (Å²) in [5.41, 5.74) is 0. The molecule has 0 heterocycles. The quantitative estimate of drug-likeness (QED) is 0.484. The summed E-state index contributed by atoms with van der Waals surface area (Å²) in [7, 11) is 2.11. The lowest BCUT2D eigenvalue weighted by atomic mass is 9.96. The maximum absolute atomic E-state index is 3.75. The van der Waals surface area contributed by atoms with E-state index in [2.05, 4.69) is 18.9 Å². The molecule has 1 heteroatoms. The van der Waals surface area contributed by atoms with Crippen molar-refractivity contribution in [3.8, 4) is 0 Å². The van der Waals surface area contributed by atoms with Gasteiger partial charge in [0.05, 0.1) is 0 Å². The Labute approximate surface area is 89.0 Å². The third kappa shape index (κ3) is 3.83. The van der Waals surface area contributed by atoms with Gasteiger partial charge in [-0.05, 0) is 45.1 Å². The smallest absolute Gasteiger partial charge is 0.00923 e. The Morgan fingerprint density at radius 1 is 1.29 bits per heavy atom. The van der Waals surface area contributed by atoms with E-state index in [1.54, 1.807) is 0 Å². The Balaban J connectivity index is 2.02. The fourth-order valence-corrected chi connectivity index (χ4v) is 2.63. The van der Waals surface area contributed by atoms with Crippen LogP contribution in [0.2, 0.25) is 0 Å². The van der Waals surface area contributed by atoms with E-state index >= 15 is 0 Å². The normalized spacial score (nSPS) is 26.6. The van der Waals surface area contributed by atoms with Gasteiger partial charge in [0.2, 0.25) is 0 Å². The van der Waals surface area contributed by atoms with Gasteiger partial charge in [-0.2, -0.15) is 0 Å². The van der Waals surface area contributed by atoms with Gasteiger partial charge in [-0.15, -0.1) is 6.58 Å². The maximum atomic E-state index is 3.75. The fourth-order valence-electron chi connectivity index (χ4n) is 2.63. The van der Waals surface area contributed by atoms with Crippen LogP contribution < -0.4 is 5.32 Å². The molecule has 1 aliphatic rings. The van der Waals surface area contributed by atoms with Crippen LogP contribution in [0.1, 0.15) is 51.4 Å². The van der Waals surface area contributed by atoms with Gasteiger partial charge in [0.25, 0.3) is 0 Å². The summed E-state index contributed by atoms with van der Waals surface area (Å²) >= 11 is 0. The second-order valence-electron chi connectivity index (χ2n) is 4.51. The molecule has 2 unspecified atom stereocenters. The standard InChI is InChI=1S/C13H25N/c1-3-4-5-6-7-9-12-10-8-11-13(12)14-2/h3,12-14H,1,4-11H2,2H3. The Hall–Kier alpha value is -0.300. The van der Waals surface area contributed by atoms with Crippen molar-refractivity contribution in [1.82, 2.24) is 5.32 Å². The summed E-state index contributed by atoms with van der Waals surface area (Å²) in [4.78, 5) is 0. The molecule has 1 N–H and O–H groups in total. The third-order valence-corrected chi connectivity index (χ3v) is 3.51. The molecule has 0 saturated heterocycles. The minimum atomic E-state index is 0.814. The monoisotopic (exact) mass is 195 g/mol. The first-order chi connectivity index (χ1) is 6.88. The number of hydrogen-bond acceptors (Lipinski definition) is 1. The molecule has 1 saturated carbocycles. The second-order valence-corrected chi connectivity index (χ2v) is 4.51. The van der Waals surface area contributed by atoms with Crippen molar-refractivity contribution >= 4 is 0 Å². The molecule has 0 aliphatic heterocycles. The Kier molecular flexibility index (Phi) is 5.93. The maximum Gasteiger partial charge on any atom is 0.00923 e. The molecule has 82 valence electrons. The molecular weight excluding hydrogens is 170 g/mol. The highest BCUT2D eigenvalue weighted by molar-refractivity contribution is 4.81. The number of nitrogens with one attached hydrogen (secondary N) is 1. The molecule has 0 aromatic heterocycles. The van der Waals surface area contributed by atoms with E-state index in [1.807, 2.05) is 6.08 Å². The molecule has 0 amide bonds. The van der Waals surface area contributed by atoms with Crippen molar-refractivity contribution in [3.63, 3.8) is 0 Å². The van der Waals surface area contributed by atoms with Crippen molar-refractivity contribution in [2.24, 2.45) is 5.92 Å². The van der Waals surface area contributed by atoms with E-state index in [4.69, 9.17) is 0 Å². The van der Waals surface area contributed by atoms with E-state index in [0.29, 0.717) is 0 Å². The summed E-state index contributed by atoms with van der Waals surface area (Å²) in [6.07, 6.45) is 13.1. The lowest BCUT2D eigenvalue weighted by Gasteiger charge is -2.18. The molecule has 0 aromatic rings. The van der Waals surface area contributed by atoms with Crippen LogP contribution in [0, 0.1) is 5.92 Å². The topological polar surface area (TPSA) is 12.0 Å². The van der Waals surface area contributed by atoms with Crippen LogP contribution in [0.4, 0.5) is 0 Å². The zero-order valence-corrected chi connectivity index (χ0v) is 9.60. The number of allylic oxidation sites excluding steroid dienone is 1. The average molecular weight is 195 g/mol. The molecule has 0 bridgehead atoms. The highest BCUT2D eigenvalue weighted by Gasteiger charge is 2.24. The zero-order valence-electron chi connectivity index (χ0n) is 9.60. The van der Waals surface area contributed by atoms with E-state index in [-0.39, 0.29) is 0 Å². The minimum absolute atomic E-state index is 0.814. The first kappa shape index (κ1) is 11.8. The second kappa shape index (κ2) is 7.05. The van der Waals surface area contributed by atoms with Crippen LogP contribution in [0.15, 0.2) is 12.7 Å². The lowest BCUT2D eigenvalue weighted by Crippen LogP contribution is -2.28. The van der Waals surface area contributed by atoms with Crippen LogP contribution in [0.5, 0.6) is 0 Å². The minimum Gasteiger partial charge on any atom is -0.317 e. The van der Waals surface area contributed by atoms with Gasteiger partial charge in [-0.3, -0.25) is 0 Å². The molecular formula is C13H25N. The molecule has 1 rings (SSSR count). The molecule has 0 spiro atoms. The van der Waals surface area contributed by atoms with Crippen molar-refractivity contribution in [2.75, 3.05) is 7.05 Å². The summed E-state index contributed by atoms with van der Waals surface area (Å²) in [6, 6.07) is 0.814. The molecule has 14 heavy (non-hydrogen) atoms. The molecule has 0 radical (unpaired) electrons. The zero-order chi connectivity index (χ0) is 10.2. The van der Waals surface area contributed by atoms with Gasteiger partial charge in [0.1, 0.15) is 0 Å². The predicted molar refractivity (Wildman–Crippen MR) is 63.5 cm³/mol. The predicted octanol–water partition coefficient (Wildman–Crippen LogP) is 3.51. The summed E-state index contributed by atoms with van der Waals surface area (Å²) in [6.45, 7) is 3.75. The molecule has 0 aromatic carbocycles. The summed E-state index contributed by atoms with van der Waals surface area (Å²) in [5.74, 6) is 0.962. The van der Waals surface area contributed by atoms with E-state index in [1.165, 1.54) is 51.4 Å². The molecule has 1 nitrogen and oxygen atoms in total. The number of hydrogen-bond donors (Lipinski definition) is 1. The van der Waals surface area contributed by atoms with Gasteiger partial charge in [0.15, 0.2) is 0 Å². The highest BCUT2D eigenvalue weighted by atomic mass is 14.9. The van der Waals surface area contributed by atoms with Crippen molar-refractivity contribution in [3.05, 3.63) is 12.7 Å². The molecule has 1 aliphatic carbocycles. The largest absolute Gasteiger partial charge is 0.317 e.